The van der Waals surface area contributed by atoms with Crippen LogP contribution in [0.25, 0.3) is 0 Å². The maximum absolute atomic E-state index is 13.0. The number of benzene rings is 1. The summed E-state index contributed by atoms with van der Waals surface area (Å²) in [5.74, 6) is 1.22. The van der Waals surface area contributed by atoms with Crippen molar-refractivity contribution in [3.8, 4) is 0 Å². The third kappa shape index (κ3) is 3.55. The standard InChI is InChI=1S/C18H24N2O2S/c1-2-15(20-10-6-9-17(20)21)18(22)19-11-12-23-16(13-19)14-7-4-3-5-8-14/h3-5,7-8,15-16H,2,6,9-13H2,1H3. The lowest BCUT2D eigenvalue weighted by atomic mass is 10.1. The van der Waals surface area contributed by atoms with E-state index in [2.05, 4.69) is 24.3 Å². The first-order valence-corrected chi connectivity index (χ1v) is 9.50. The van der Waals surface area contributed by atoms with Crippen LogP contribution in [0, 0.1) is 0 Å². The number of carbonyl (C=O) groups is 2. The Balaban J connectivity index is 1.70. The van der Waals surface area contributed by atoms with Crippen molar-refractivity contribution >= 4 is 23.6 Å². The Kier molecular flexibility index (Phi) is 5.26. The lowest BCUT2D eigenvalue weighted by molar-refractivity contribution is -0.143. The molecule has 1 aromatic carbocycles. The van der Waals surface area contributed by atoms with Gasteiger partial charge in [-0.2, -0.15) is 11.8 Å². The van der Waals surface area contributed by atoms with Crippen LogP contribution in [0.15, 0.2) is 30.3 Å². The molecule has 0 spiro atoms. The molecular formula is C18H24N2O2S. The molecule has 5 heteroatoms. The van der Waals surface area contributed by atoms with E-state index in [0.29, 0.717) is 18.1 Å². The monoisotopic (exact) mass is 332 g/mol. The fourth-order valence-corrected chi connectivity index (χ4v) is 4.70. The smallest absolute Gasteiger partial charge is 0.245 e. The largest absolute Gasteiger partial charge is 0.339 e. The van der Waals surface area contributed by atoms with Crippen molar-refractivity contribution < 1.29 is 9.59 Å². The van der Waals surface area contributed by atoms with Gasteiger partial charge in [0.15, 0.2) is 0 Å². The Morgan fingerprint density at radius 3 is 2.74 bits per heavy atom. The summed E-state index contributed by atoms with van der Waals surface area (Å²) in [6.45, 7) is 4.26. The fraction of sp³-hybridized carbons (Fsp3) is 0.556. The molecule has 2 atom stereocenters. The van der Waals surface area contributed by atoms with Gasteiger partial charge >= 0.3 is 0 Å². The maximum atomic E-state index is 13.0. The topological polar surface area (TPSA) is 40.6 Å². The second-order valence-corrected chi connectivity index (χ2v) is 7.48. The number of hydrogen-bond donors (Lipinski definition) is 0. The third-order valence-electron chi connectivity index (χ3n) is 4.71. The van der Waals surface area contributed by atoms with Gasteiger partial charge in [0.25, 0.3) is 0 Å². The quantitative estimate of drug-likeness (QED) is 0.851. The first-order valence-electron chi connectivity index (χ1n) is 8.45. The molecule has 2 aliphatic heterocycles. The number of amides is 2. The first-order chi connectivity index (χ1) is 11.2. The second kappa shape index (κ2) is 7.39. The lowest BCUT2D eigenvalue weighted by Gasteiger charge is -2.37. The van der Waals surface area contributed by atoms with Crippen LogP contribution in [0.1, 0.15) is 37.0 Å². The van der Waals surface area contributed by atoms with Crippen LogP contribution >= 0.6 is 11.8 Å². The van der Waals surface area contributed by atoms with Crippen LogP contribution < -0.4 is 0 Å². The zero-order valence-electron chi connectivity index (χ0n) is 13.6. The van der Waals surface area contributed by atoms with E-state index >= 15 is 0 Å². The zero-order valence-corrected chi connectivity index (χ0v) is 14.4. The Bertz CT molecular complexity index is 563. The minimum atomic E-state index is -0.274. The molecular weight excluding hydrogens is 308 g/mol. The SMILES string of the molecule is CCC(C(=O)N1CCSC(c2ccccc2)C1)N1CCCC1=O. The summed E-state index contributed by atoms with van der Waals surface area (Å²) in [4.78, 5) is 28.7. The van der Waals surface area contributed by atoms with E-state index in [1.165, 1.54) is 5.56 Å². The summed E-state index contributed by atoms with van der Waals surface area (Å²) in [5, 5.41) is 0.334. The summed E-state index contributed by atoms with van der Waals surface area (Å²) in [5.41, 5.74) is 1.28. The molecule has 1 aromatic rings. The molecule has 2 aliphatic rings. The van der Waals surface area contributed by atoms with Crippen molar-refractivity contribution in [2.24, 2.45) is 0 Å². The number of hydrogen-bond acceptors (Lipinski definition) is 3. The van der Waals surface area contributed by atoms with Gasteiger partial charge in [0.1, 0.15) is 6.04 Å². The summed E-state index contributed by atoms with van der Waals surface area (Å²) < 4.78 is 0. The average molecular weight is 332 g/mol. The van der Waals surface area contributed by atoms with Crippen molar-refractivity contribution in [3.05, 3.63) is 35.9 Å². The zero-order chi connectivity index (χ0) is 16.2. The first kappa shape index (κ1) is 16.4. The Morgan fingerprint density at radius 1 is 1.30 bits per heavy atom. The van der Waals surface area contributed by atoms with E-state index in [4.69, 9.17) is 0 Å². The number of carbonyl (C=O) groups excluding carboxylic acids is 2. The van der Waals surface area contributed by atoms with Crippen LogP contribution in [0.3, 0.4) is 0 Å². The Morgan fingerprint density at radius 2 is 2.09 bits per heavy atom. The van der Waals surface area contributed by atoms with Gasteiger partial charge in [-0.1, -0.05) is 37.3 Å². The van der Waals surface area contributed by atoms with Crippen molar-refractivity contribution in [3.63, 3.8) is 0 Å². The van der Waals surface area contributed by atoms with E-state index in [1.807, 2.05) is 29.7 Å². The van der Waals surface area contributed by atoms with Crippen molar-refractivity contribution in [1.82, 2.24) is 9.80 Å². The Hall–Kier alpha value is -1.49. The molecule has 0 N–H and O–H groups in total. The van der Waals surface area contributed by atoms with Crippen LogP contribution in [0.2, 0.25) is 0 Å². The molecule has 3 rings (SSSR count). The molecule has 0 aliphatic carbocycles. The average Bonchev–Trinajstić information content (AvgIpc) is 3.02. The number of rotatable bonds is 4. The molecule has 2 fully saturated rings. The summed E-state index contributed by atoms with van der Waals surface area (Å²) in [6, 6.07) is 10.1. The van der Waals surface area contributed by atoms with Crippen LogP contribution in [-0.4, -0.2) is 53.0 Å². The fourth-order valence-electron chi connectivity index (χ4n) is 3.46. The summed E-state index contributed by atoms with van der Waals surface area (Å²) >= 11 is 1.92. The highest BCUT2D eigenvalue weighted by Crippen LogP contribution is 2.33. The van der Waals surface area contributed by atoms with Gasteiger partial charge in [0.05, 0.1) is 0 Å². The minimum Gasteiger partial charge on any atom is -0.339 e. The highest BCUT2D eigenvalue weighted by molar-refractivity contribution is 7.99. The highest BCUT2D eigenvalue weighted by Gasteiger charge is 2.35. The molecule has 0 aromatic heterocycles. The molecule has 4 nitrogen and oxygen atoms in total. The molecule has 0 bridgehead atoms. The Labute approximate surface area is 142 Å². The van der Waals surface area contributed by atoms with Gasteiger partial charge in [0.2, 0.25) is 11.8 Å². The van der Waals surface area contributed by atoms with Crippen LogP contribution in [-0.2, 0) is 9.59 Å². The molecule has 124 valence electrons. The van der Waals surface area contributed by atoms with Crippen molar-refractivity contribution in [2.75, 3.05) is 25.4 Å². The number of thioether (sulfide) groups is 1. The molecule has 23 heavy (non-hydrogen) atoms. The third-order valence-corrected chi connectivity index (χ3v) is 5.95. The van der Waals surface area contributed by atoms with Crippen molar-refractivity contribution in [2.45, 2.75) is 37.5 Å². The molecule has 2 unspecified atom stereocenters. The number of nitrogens with zero attached hydrogens (tertiary/aromatic N) is 2. The maximum Gasteiger partial charge on any atom is 0.245 e. The molecule has 2 saturated heterocycles. The van der Waals surface area contributed by atoms with E-state index in [1.54, 1.807) is 4.90 Å². The minimum absolute atomic E-state index is 0.129. The predicted octanol–water partition coefficient (Wildman–Crippen LogP) is 2.70. The number of likely N-dealkylation sites (tertiary alicyclic amines) is 1. The molecule has 0 radical (unpaired) electrons. The second-order valence-electron chi connectivity index (χ2n) is 6.17. The molecule has 0 saturated carbocycles. The summed E-state index contributed by atoms with van der Waals surface area (Å²) in [7, 11) is 0. The van der Waals surface area contributed by atoms with Crippen LogP contribution in [0.5, 0.6) is 0 Å². The van der Waals surface area contributed by atoms with Gasteiger partial charge in [-0.15, -0.1) is 0 Å². The van der Waals surface area contributed by atoms with E-state index in [0.717, 1.165) is 31.8 Å². The highest BCUT2D eigenvalue weighted by atomic mass is 32.2. The van der Waals surface area contributed by atoms with Crippen LogP contribution in [0.4, 0.5) is 0 Å². The van der Waals surface area contributed by atoms with E-state index in [-0.39, 0.29) is 17.9 Å². The van der Waals surface area contributed by atoms with E-state index < -0.39 is 0 Å². The van der Waals surface area contributed by atoms with Gasteiger partial charge in [-0.3, -0.25) is 9.59 Å². The van der Waals surface area contributed by atoms with E-state index in [9.17, 15) is 9.59 Å². The lowest BCUT2D eigenvalue weighted by Crippen LogP contribution is -2.51. The van der Waals surface area contributed by atoms with Gasteiger partial charge in [0, 0.05) is 37.1 Å². The van der Waals surface area contributed by atoms with Gasteiger partial charge < -0.3 is 9.80 Å². The normalized spacial score (nSPS) is 23.2. The predicted molar refractivity (Wildman–Crippen MR) is 93.2 cm³/mol. The van der Waals surface area contributed by atoms with Crippen molar-refractivity contribution in [1.29, 1.82) is 0 Å². The molecule has 2 amide bonds. The van der Waals surface area contributed by atoms with Gasteiger partial charge in [-0.25, -0.2) is 0 Å². The summed E-state index contributed by atoms with van der Waals surface area (Å²) in [6.07, 6.45) is 2.17. The molecule has 2 heterocycles. The van der Waals surface area contributed by atoms with Gasteiger partial charge in [-0.05, 0) is 18.4 Å².